The number of aryl methyl sites for hydroxylation is 1. The number of benzene rings is 1. The molecule has 1 unspecified atom stereocenters. The summed E-state index contributed by atoms with van der Waals surface area (Å²) in [5.74, 6) is 0.262. The summed E-state index contributed by atoms with van der Waals surface area (Å²) in [4.78, 5) is 0.278. The van der Waals surface area contributed by atoms with Gasteiger partial charge in [-0.2, -0.15) is 0 Å². The average Bonchev–Trinajstić information content (AvgIpc) is 2.46. The second-order valence-electron chi connectivity index (χ2n) is 5.23. The molecule has 5 nitrogen and oxygen atoms in total. The Kier molecular flexibility index (Phi) is 5.15. The maximum atomic E-state index is 12.3. The maximum absolute atomic E-state index is 12.3. The lowest BCUT2D eigenvalue weighted by molar-refractivity contribution is 0.0568. The molecule has 0 amide bonds. The zero-order valence-corrected chi connectivity index (χ0v) is 12.6. The lowest BCUT2D eigenvalue weighted by Crippen LogP contribution is -2.33. The third-order valence-electron chi connectivity index (χ3n) is 3.67. The Bertz CT molecular complexity index is 552. The first-order chi connectivity index (χ1) is 9.53. The summed E-state index contributed by atoms with van der Waals surface area (Å²) in [6, 6.07) is 5.06. The number of hydrogen-bond donors (Lipinski definition) is 2. The lowest BCUT2D eigenvalue weighted by atomic mass is 10.0. The highest BCUT2D eigenvalue weighted by molar-refractivity contribution is 7.89. The second kappa shape index (κ2) is 6.67. The van der Waals surface area contributed by atoms with Gasteiger partial charge in [0.15, 0.2) is 0 Å². The largest absolute Gasteiger partial charge is 0.381 e. The normalized spacial score (nSPS) is 20.0. The van der Waals surface area contributed by atoms with Gasteiger partial charge in [0.05, 0.1) is 11.5 Å². The van der Waals surface area contributed by atoms with Crippen LogP contribution in [0.5, 0.6) is 0 Å². The highest BCUT2D eigenvalue weighted by Crippen LogP contribution is 2.17. The Morgan fingerprint density at radius 1 is 1.45 bits per heavy atom. The molecular formula is C14H22N2O3S. The van der Waals surface area contributed by atoms with Crippen LogP contribution in [0.1, 0.15) is 24.0 Å². The van der Waals surface area contributed by atoms with Crippen molar-refractivity contribution in [3.05, 3.63) is 29.3 Å². The van der Waals surface area contributed by atoms with Gasteiger partial charge in [0, 0.05) is 19.7 Å². The monoisotopic (exact) mass is 298 g/mol. The van der Waals surface area contributed by atoms with E-state index in [4.69, 9.17) is 10.5 Å². The van der Waals surface area contributed by atoms with E-state index in [2.05, 4.69) is 4.72 Å². The average molecular weight is 298 g/mol. The van der Waals surface area contributed by atoms with Crippen LogP contribution < -0.4 is 10.5 Å². The highest BCUT2D eigenvalue weighted by atomic mass is 32.2. The van der Waals surface area contributed by atoms with Crippen molar-refractivity contribution >= 4 is 10.0 Å². The van der Waals surface area contributed by atoms with Gasteiger partial charge in [-0.3, -0.25) is 0 Å². The molecule has 0 radical (unpaired) electrons. The van der Waals surface area contributed by atoms with Crippen LogP contribution in [-0.4, -0.2) is 28.2 Å². The fourth-order valence-electron chi connectivity index (χ4n) is 2.31. The molecular weight excluding hydrogens is 276 g/mol. The van der Waals surface area contributed by atoms with Crippen LogP contribution in [0, 0.1) is 12.8 Å². The second-order valence-corrected chi connectivity index (χ2v) is 6.99. The Morgan fingerprint density at radius 2 is 2.25 bits per heavy atom. The quantitative estimate of drug-likeness (QED) is 0.854. The van der Waals surface area contributed by atoms with E-state index in [-0.39, 0.29) is 10.8 Å². The number of hydrogen-bond acceptors (Lipinski definition) is 4. The number of nitrogens with two attached hydrogens (primary N) is 1. The number of nitrogens with one attached hydrogen (secondary N) is 1. The minimum Gasteiger partial charge on any atom is -0.381 e. The van der Waals surface area contributed by atoms with Gasteiger partial charge in [-0.1, -0.05) is 6.07 Å². The van der Waals surface area contributed by atoms with Gasteiger partial charge in [-0.05, 0) is 48.9 Å². The molecule has 0 spiro atoms. The molecule has 0 aromatic heterocycles. The van der Waals surface area contributed by atoms with Crippen LogP contribution >= 0.6 is 0 Å². The van der Waals surface area contributed by atoms with Gasteiger partial charge in [0.1, 0.15) is 0 Å². The van der Waals surface area contributed by atoms with E-state index in [0.717, 1.165) is 30.6 Å². The third-order valence-corrected chi connectivity index (χ3v) is 5.09. The first-order valence-electron chi connectivity index (χ1n) is 6.90. The van der Waals surface area contributed by atoms with Crippen molar-refractivity contribution in [3.8, 4) is 0 Å². The summed E-state index contributed by atoms with van der Waals surface area (Å²) in [5, 5.41) is 0. The van der Waals surface area contributed by atoms with Crippen LogP contribution in [0.25, 0.3) is 0 Å². The molecule has 1 saturated heterocycles. The van der Waals surface area contributed by atoms with Gasteiger partial charge in [-0.25, -0.2) is 13.1 Å². The van der Waals surface area contributed by atoms with Crippen LogP contribution in [-0.2, 0) is 21.3 Å². The molecule has 1 aromatic carbocycles. The molecule has 1 atom stereocenters. The Morgan fingerprint density at radius 3 is 2.90 bits per heavy atom. The predicted octanol–water partition coefficient (Wildman–Crippen LogP) is 1.16. The van der Waals surface area contributed by atoms with Crippen molar-refractivity contribution in [3.63, 3.8) is 0 Å². The number of ether oxygens (including phenoxy) is 1. The Balaban J connectivity index is 2.05. The fourth-order valence-corrected chi connectivity index (χ4v) is 3.48. The summed E-state index contributed by atoms with van der Waals surface area (Å²) < 4.78 is 32.5. The SMILES string of the molecule is Cc1ccc(S(=O)(=O)NCC2CCCOC2)cc1CN. The standard InChI is InChI=1S/C14H22N2O3S/c1-11-4-5-14(7-13(11)8-15)20(17,18)16-9-12-3-2-6-19-10-12/h4-5,7,12,16H,2-3,6,8-10,15H2,1H3. The molecule has 6 heteroatoms. The van der Waals surface area contributed by atoms with Gasteiger partial charge in [0.2, 0.25) is 10.0 Å². The van der Waals surface area contributed by atoms with Crippen molar-refractivity contribution in [1.82, 2.24) is 4.72 Å². The molecule has 0 aliphatic carbocycles. The van der Waals surface area contributed by atoms with Crippen molar-refractivity contribution in [2.45, 2.75) is 31.2 Å². The molecule has 0 bridgehead atoms. The molecule has 3 N–H and O–H groups in total. The van der Waals surface area contributed by atoms with Crippen molar-refractivity contribution in [2.24, 2.45) is 11.7 Å². The maximum Gasteiger partial charge on any atom is 0.240 e. The zero-order chi connectivity index (χ0) is 14.6. The van der Waals surface area contributed by atoms with E-state index in [1.807, 2.05) is 6.92 Å². The topological polar surface area (TPSA) is 81.4 Å². The summed E-state index contributed by atoms with van der Waals surface area (Å²) in [6.07, 6.45) is 2.00. The minimum absolute atomic E-state index is 0.262. The molecule has 0 saturated carbocycles. The van der Waals surface area contributed by atoms with Crippen molar-refractivity contribution < 1.29 is 13.2 Å². The third kappa shape index (κ3) is 3.79. The highest BCUT2D eigenvalue weighted by Gasteiger charge is 2.19. The van der Waals surface area contributed by atoms with E-state index in [1.54, 1.807) is 18.2 Å². The van der Waals surface area contributed by atoms with Crippen LogP contribution in [0.2, 0.25) is 0 Å². The number of rotatable bonds is 5. The van der Waals surface area contributed by atoms with E-state index in [1.165, 1.54) is 0 Å². The predicted molar refractivity (Wildman–Crippen MR) is 77.8 cm³/mol. The molecule has 1 aliphatic rings. The van der Waals surface area contributed by atoms with Gasteiger partial charge in [-0.15, -0.1) is 0 Å². The van der Waals surface area contributed by atoms with E-state index in [9.17, 15) is 8.42 Å². The smallest absolute Gasteiger partial charge is 0.240 e. The van der Waals surface area contributed by atoms with Crippen LogP contribution in [0.3, 0.4) is 0 Å². The molecule has 1 aliphatic heterocycles. The molecule has 20 heavy (non-hydrogen) atoms. The zero-order valence-electron chi connectivity index (χ0n) is 11.8. The fraction of sp³-hybridized carbons (Fsp3) is 0.571. The summed E-state index contributed by atoms with van der Waals surface area (Å²) in [7, 11) is -3.47. The van der Waals surface area contributed by atoms with Gasteiger partial charge in [0.25, 0.3) is 0 Å². The summed E-state index contributed by atoms with van der Waals surface area (Å²) in [5.41, 5.74) is 7.48. The Labute approximate surface area is 120 Å². The molecule has 1 aromatic rings. The Hall–Kier alpha value is -0.950. The van der Waals surface area contributed by atoms with E-state index in [0.29, 0.717) is 19.7 Å². The first-order valence-corrected chi connectivity index (χ1v) is 8.38. The number of sulfonamides is 1. The van der Waals surface area contributed by atoms with Crippen molar-refractivity contribution in [1.29, 1.82) is 0 Å². The first kappa shape index (κ1) is 15.4. The van der Waals surface area contributed by atoms with E-state index >= 15 is 0 Å². The molecule has 1 heterocycles. The summed E-state index contributed by atoms with van der Waals surface area (Å²) in [6.45, 7) is 4.09. The van der Waals surface area contributed by atoms with Crippen LogP contribution in [0.15, 0.2) is 23.1 Å². The lowest BCUT2D eigenvalue weighted by Gasteiger charge is -2.22. The molecule has 2 rings (SSSR count). The van der Waals surface area contributed by atoms with Crippen molar-refractivity contribution in [2.75, 3.05) is 19.8 Å². The molecule has 112 valence electrons. The molecule has 1 fully saturated rings. The van der Waals surface area contributed by atoms with Gasteiger partial charge < -0.3 is 10.5 Å². The minimum atomic E-state index is -3.47. The van der Waals surface area contributed by atoms with Crippen LogP contribution in [0.4, 0.5) is 0 Å². The summed E-state index contributed by atoms with van der Waals surface area (Å²) >= 11 is 0. The van der Waals surface area contributed by atoms with Gasteiger partial charge >= 0.3 is 0 Å². The van der Waals surface area contributed by atoms with E-state index < -0.39 is 10.0 Å².